The monoisotopic (exact) mass is 484 g/mol. The van der Waals surface area contributed by atoms with Gasteiger partial charge in [0.1, 0.15) is 12.1 Å². The van der Waals surface area contributed by atoms with Crippen molar-refractivity contribution in [2.24, 2.45) is 0 Å². The van der Waals surface area contributed by atoms with Crippen LogP contribution in [0.1, 0.15) is 28.9 Å². The van der Waals surface area contributed by atoms with Crippen molar-refractivity contribution in [2.45, 2.75) is 13.0 Å². The standard InChI is InChI=1S/C30H24N6O/c1-20(33-30-31-17-16-28(35-30)36-19-32-26-13-4-5-15-27(26)36)22-10-6-11-23(18-22)29(37)34-25-14-7-9-21-8-2-3-12-24(21)25/h2-20H,1H3,(H,34,37)(H,31,33,35)/t20-/m0/s1. The zero-order valence-corrected chi connectivity index (χ0v) is 20.2. The van der Waals surface area contributed by atoms with Gasteiger partial charge in [-0.3, -0.25) is 9.36 Å². The molecule has 0 unspecified atom stereocenters. The predicted molar refractivity (Wildman–Crippen MR) is 147 cm³/mol. The number of aromatic nitrogens is 4. The van der Waals surface area contributed by atoms with Gasteiger partial charge in [-0.15, -0.1) is 0 Å². The lowest BCUT2D eigenvalue weighted by Gasteiger charge is -2.16. The molecule has 0 saturated carbocycles. The molecule has 0 fully saturated rings. The van der Waals surface area contributed by atoms with E-state index in [1.807, 2.05) is 109 Å². The number of imidazole rings is 1. The Morgan fingerprint density at radius 2 is 1.68 bits per heavy atom. The fourth-order valence-corrected chi connectivity index (χ4v) is 4.45. The molecule has 7 nitrogen and oxygen atoms in total. The molecule has 2 heterocycles. The number of hydrogen-bond acceptors (Lipinski definition) is 5. The highest BCUT2D eigenvalue weighted by molar-refractivity contribution is 6.09. The van der Waals surface area contributed by atoms with Gasteiger partial charge in [0, 0.05) is 22.8 Å². The van der Waals surface area contributed by atoms with Gasteiger partial charge in [-0.05, 0) is 54.3 Å². The summed E-state index contributed by atoms with van der Waals surface area (Å²) in [6.07, 6.45) is 3.48. The molecular weight excluding hydrogens is 460 g/mol. The molecule has 2 aromatic heterocycles. The highest BCUT2D eigenvalue weighted by atomic mass is 16.1. The summed E-state index contributed by atoms with van der Waals surface area (Å²) in [6.45, 7) is 2.02. The molecule has 0 spiro atoms. The lowest BCUT2D eigenvalue weighted by Crippen LogP contribution is -2.14. The van der Waals surface area contributed by atoms with Gasteiger partial charge in [0.05, 0.1) is 17.1 Å². The van der Waals surface area contributed by atoms with Crippen LogP contribution in [-0.2, 0) is 0 Å². The molecule has 4 aromatic carbocycles. The minimum absolute atomic E-state index is 0.125. The van der Waals surface area contributed by atoms with Crippen molar-refractivity contribution in [3.63, 3.8) is 0 Å². The van der Waals surface area contributed by atoms with E-state index in [0.29, 0.717) is 11.5 Å². The van der Waals surface area contributed by atoms with E-state index in [9.17, 15) is 4.79 Å². The third-order valence-electron chi connectivity index (χ3n) is 6.37. The molecule has 2 N–H and O–H groups in total. The molecule has 37 heavy (non-hydrogen) atoms. The Bertz CT molecular complexity index is 1740. The summed E-state index contributed by atoms with van der Waals surface area (Å²) in [5.74, 6) is 1.06. The summed E-state index contributed by atoms with van der Waals surface area (Å²) in [5.41, 5.74) is 4.20. The number of nitrogens with one attached hydrogen (secondary N) is 2. The number of carbonyl (C=O) groups is 1. The number of nitrogens with zero attached hydrogens (tertiary/aromatic N) is 4. The smallest absolute Gasteiger partial charge is 0.255 e. The minimum Gasteiger partial charge on any atom is -0.348 e. The Labute approximate surface area is 213 Å². The lowest BCUT2D eigenvalue weighted by molar-refractivity contribution is 0.102. The van der Waals surface area contributed by atoms with Crippen LogP contribution in [0.25, 0.3) is 27.6 Å². The summed E-state index contributed by atoms with van der Waals surface area (Å²) >= 11 is 0. The van der Waals surface area contributed by atoms with E-state index in [2.05, 4.69) is 20.6 Å². The van der Waals surface area contributed by atoms with Gasteiger partial charge >= 0.3 is 0 Å². The maximum atomic E-state index is 13.1. The first-order valence-corrected chi connectivity index (χ1v) is 12.1. The highest BCUT2D eigenvalue weighted by Gasteiger charge is 2.13. The molecule has 6 rings (SSSR count). The Balaban J connectivity index is 1.21. The third kappa shape index (κ3) is 4.50. The van der Waals surface area contributed by atoms with E-state index in [0.717, 1.165) is 38.9 Å². The fourth-order valence-electron chi connectivity index (χ4n) is 4.45. The maximum Gasteiger partial charge on any atom is 0.255 e. The molecule has 7 heteroatoms. The zero-order valence-electron chi connectivity index (χ0n) is 20.2. The fraction of sp³-hybridized carbons (Fsp3) is 0.0667. The normalized spacial score (nSPS) is 11.9. The van der Waals surface area contributed by atoms with Crippen LogP contribution in [0.4, 0.5) is 11.6 Å². The van der Waals surface area contributed by atoms with Crippen molar-refractivity contribution in [2.75, 3.05) is 10.6 Å². The van der Waals surface area contributed by atoms with E-state index in [1.165, 1.54) is 0 Å². The van der Waals surface area contributed by atoms with Gasteiger partial charge < -0.3 is 10.6 Å². The average Bonchev–Trinajstić information content (AvgIpc) is 3.38. The maximum absolute atomic E-state index is 13.1. The second-order valence-corrected chi connectivity index (χ2v) is 8.81. The number of amides is 1. The second-order valence-electron chi connectivity index (χ2n) is 8.81. The van der Waals surface area contributed by atoms with Gasteiger partial charge in [-0.25, -0.2) is 9.97 Å². The average molecular weight is 485 g/mol. The van der Waals surface area contributed by atoms with Gasteiger partial charge in [-0.2, -0.15) is 4.98 Å². The van der Waals surface area contributed by atoms with E-state index in [1.54, 1.807) is 12.5 Å². The van der Waals surface area contributed by atoms with Gasteiger partial charge in [0.15, 0.2) is 0 Å². The van der Waals surface area contributed by atoms with Gasteiger partial charge in [0.2, 0.25) is 5.95 Å². The number of rotatable bonds is 6. The van der Waals surface area contributed by atoms with Crippen LogP contribution in [0, 0.1) is 0 Å². The Hall–Kier alpha value is -5.04. The highest BCUT2D eigenvalue weighted by Crippen LogP contribution is 2.25. The third-order valence-corrected chi connectivity index (χ3v) is 6.37. The van der Waals surface area contributed by atoms with Crippen molar-refractivity contribution >= 4 is 39.3 Å². The van der Waals surface area contributed by atoms with Crippen LogP contribution in [0.3, 0.4) is 0 Å². The molecule has 0 aliphatic rings. The molecule has 0 radical (unpaired) electrons. The predicted octanol–water partition coefficient (Wildman–Crippen LogP) is 6.39. The first-order valence-electron chi connectivity index (χ1n) is 12.1. The quantitative estimate of drug-likeness (QED) is 0.286. The number of para-hydroxylation sites is 2. The van der Waals surface area contributed by atoms with Crippen LogP contribution >= 0.6 is 0 Å². The number of anilines is 2. The van der Waals surface area contributed by atoms with Crippen LogP contribution in [0.2, 0.25) is 0 Å². The zero-order chi connectivity index (χ0) is 25.2. The van der Waals surface area contributed by atoms with Crippen LogP contribution < -0.4 is 10.6 Å². The summed E-state index contributed by atoms with van der Waals surface area (Å²) in [7, 11) is 0. The summed E-state index contributed by atoms with van der Waals surface area (Å²) < 4.78 is 1.94. The van der Waals surface area contributed by atoms with E-state index in [4.69, 9.17) is 4.98 Å². The molecule has 0 aliphatic heterocycles. The van der Waals surface area contributed by atoms with E-state index < -0.39 is 0 Å². The molecule has 1 amide bonds. The number of benzene rings is 4. The summed E-state index contributed by atoms with van der Waals surface area (Å²) in [6, 6.07) is 31.1. The van der Waals surface area contributed by atoms with Crippen LogP contribution in [0.15, 0.2) is 110 Å². The second kappa shape index (κ2) is 9.54. The van der Waals surface area contributed by atoms with Crippen molar-refractivity contribution in [3.8, 4) is 5.82 Å². The van der Waals surface area contributed by atoms with Crippen molar-refractivity contribution < 1.29 is 4.79 Å². The SMILES string of the molecule is C[C@H](Nc1nccc(-n2cnc3ccccc32)n1)c1cccc(C(=O)Nc2cccc3ccccc23)c1. The molecule has 0 saturated heterocycles. The molecule has 1 atom stereocenters. The molecule has 180 valence electrons. The largest absolute Gasteiger partial charge is 0.348 e. The molecular formula is C30H24N6O. The van der Waals surface area contributed by atoms with E-state index in [-0.39, 0.29) is 11.9 Å². The van der Waals surface area contributed by atoms with Crippen LogP contribution in [-0.4, -0.2) is 25.4 Å². The summed E-state index contributed by atoms with van der Waals surface area (Å²) in [4.78, 5) is 26.7. The van der Waals surface area contributed by atoms with Crippen molar-refractivity contribution in [3.05, 3.63) is 121 Å². The topological polar surface area (TPSA) is 84.7 Å². The Morgan fingerprint density at radius 1 is 0.865 bits per heavy atom. The van der Waals surface area contributed by atoms with Gasteiger partial charge in [-0.1, -0.05) is 60.7 Å². The molecule has 6 aromatic rings. The van der Waals surface area contributed by atoms with Crippen molar-refractivity contribution in [1.29, 1.82) is 0 Å². The van der Waals surface area contributed by atoms with E-state index >= 15 is 0 Å². The molecule has 0 aliphatic carbocycles. The van der Waals surface area contributed by atoms with Crippen LogP contribution in [0.5, 0.6) is 0 Å². The van der Waals surface area contributed by atoms with Gasteiger partial charge in [0.25, 0.3) is 5.91 Å². The number of carbonyl (C=O) groups excluding carboxylic acids is 1. The first kappa shape index (κ1) is 22.4. The summed E-state index contributed by atoms with van der Waals surface area (Å²) in [5, 5.41) is 8.51. The van der Waals surface area contributed by atoms with Crippen molar-refractivity contribution in [1.82, 2.24) is 19.5 Å². The number of fused-ring (bicyclic) bond motifs is 2. The molecule has 0 bridgehead atoms. The minimum atomic E-state index is -0.157. The Kier molecular flexibility index (Phi) is 5.78. The number of hydrogen-bond donors (Lipinski definition) is 2. The lowest BCUT2D eigenvalue weighted by atomic mass is 10.0. The Morgan fingerprint density at radius 3 is 2.62 bits per heavy atom. The first-order chi connectivity index (χ1) is 18.2.